The molecule has 31 heavy (non-hydrogen) atoms. The average Bonchev–Trinajstić information content (AvgIpc) is 3.21. The molecule has 1 aromatic heterocycles. The number of carboxylic acid groups (broad SMARTS) is 2. The first-order chi connectivity index (χ1) is 14.6. The molecule has 0 spiro atoms. The normalized spacial score (nSPS) is 14.5. The summed E-state index contributed by atoms with van der Waals surface area (Å²) in [6.07, 6.45) is 1.91. The zero-order valence-electron chi connectivity index (χ0n) is 16.1. The van der Waals surface area contributed by atoms with Gasteiger partial charge in [-0.2, -0.15) is 12.6 Å². The van der Waals surface area contributed by atoms with Crippen LogP contribution in [0.3, 0.4) is 0 Å². The van der Waals surface area contributed by atoms with Gasteiger partial charge in [-0.1, -0.05) is 0 Å². The minimum Gasteiger partial charge on any atom is -0.481 e. The standard InChI is InChI=1S/C16H24N6O8S/c17-8(2-12(24)25)13(26)21-10(4-23)15(28)20-9(1-7-3-18-6-19-7)14(27)22-11(5-31)16(29)30/h3,6,8-11,23,31H,1-2,4-5,17H2,(H,18,19)(H,20,28)(H,21,26)(H,22,27)(H,24,25)(H,29,30). The second-order valence-electron chi connectivity index (χ2n) is 6.37. The highest BCUT2D eigenvalue weighted by molar-refractivity contribution is 7.80. The number of nitrogens with one attached hydrogen (secondary N) is 4. The number of H-pyrrole nitrogens is 1. The van der Waals surface area contributed by atoms with Crippen molar-refractivity contribution in [1.29, 1.82) is 0 Å². The third-order valence-corrected chi connectivity index (χ3v) is 4.32. The van der Waals surface area contributed by atoms with Gasteiger partial charge in [-0.05, 0) is 0 Å². The third-order valence-electron chi connectivity index (χ3n) is 3.96. The van der Waals surface area contributed by atoms with E-state index in [2.05, 4.69) is 38.5 Å². The van der Waals surface area contributed by atoms with Crippen molar-refractivity contribution in [2.75, 3.05) is 12.4 Å². The first kappa shape index (κ1) is 25.9. The molecular formula is C16H24N6O8S. The zero-order chi connectivity index (χ0) is 23.6. The molecule has 0 aliphatic carbocycles. The predicted octanol–water partition coefficient (Wildman–Crippen LogP) is -3.78. The maximum atomic E-state index is 12.5. The van der Waals surface area contributed by atoms with E-state index in [0.29, 0.717) is 5.69 Å². The summed E-state index contributed by atoms with van der Waals surface area (Å²) in [7, 11) is 0. The molecule has 172 valence electrons. The van der Waals surface area contributed by atoms with Crippen LogP contribution < -0.4 is 21.7 Å². The Hall–Kier alpha value is -3.17. The molecule has 15 heteroatoms. The Labute approximate surface area is 181 Å². The minimum atomic E-state index is -1.54. The smallest absolute Gasteiger partial charge is 0.327 e. The van der Waals surface area contributed by atoms with Gasteiger partial charge in [0, 0.05) is 24.1 Å². The number of aromatic nitrogens is 2. The molecule has 4 unspecified atom stereocenters. The predicted molar refractivity (Wildman–Crippen MR) is 107 cm³/mol. The molecule has 4 atom stereocenters. The van der Waals surface area contributed by atoms with Crippen LogP contribution in [0, 0.1) is 0 Å². The van der Waals surface area contributed by atoms with E-state index in [-0.39, 0.29) is 12.2 Å². The Kier molecular flexibility index (Phi) is 10.4. The van der Waals surface area contributed by atoms with Crippen LogP contribution in [0.2, 0.25) is 0 Å². The molecular weight excluding hydrogens is 436 g/mol. The number of aliphatic hydroxyl groups excluding tert-OH is 1. The highest BCUT2D eigenvalue weighted by Gasteiger charge is 2.30. The van der Waals surface area contributed by atoms with Crippen LogP contribution in [0.4, 0.5) is 0 Å². The summed E-state index contributed by atoms with van der Waals surface area (Å²) < 4.78 is 0. The van der Waals surface area contributed by atoms with Crippen molar-refractivity contribution in [2.45, 2.75) is 37.0 Å². The number of aliphatic carboxylic acids is 2. The number of thiol groups is 1. The van der Waals surface area contributed by atoms with Gasteiger partial charge < -0.3 is 42.0 Å². The van der Waals surface area contributed by atoms with Gasteiger partial charge in [-0.15, -0.1) is 0 Å². The van der Waals surface area contributed by atoms with Crippen LogP contribution in [0.15, 0.2) is 12.5 Å². The van der Waals surface area contributed by atoms with E-state index in [1.807, 2.05) is 0 Å². The lowest BCUT2D eigenvalue weighted by molar-refractivity contribution is -0.141. The van der Waals surface area contributed by atoms with E-state index in [1.54, 1.807) is 0 Å². The van der Waals surface area contributed by atoms with Crippen molar-refractivity contribution in [2.24, 2.45) is 5.73 Å². The Balaban J connectivity index is 2.90. The van der Waals surface area contributed by atoms with Gasteiger partial charge in [-0.3, -0.25) is 19.2 Å². The van der Waals surface area contributed by atoms with Gasteiger partial charge in [-0.25, -0.2) is 9.78 Å². The highest BCUT2D eigenvalue weighted by atomic mass is 32.1. The van der Waals surface area contributed by atoms with Crippen molar-refractivity contribution in [1.82, 2.24) is 25.9 Å². The summed E-state index contributed by atoms with van der Waals surface area (Å²) >= 11 is 3.85. The maximum Gasteiger partial charge on any atom is 0.327 e. The minimum absolute atomic E-state index is 0.110. The van der Waals surface area contributed by atoms with Crippen molar-refractivity contribution < 1.29 is 39.3 Å². The topological polar surface area (TPSA) is 237 Å². The van der Waals surface area contributed by atoms with Gasteiger partial charge in [0.2, 0.25) is 17.7 Å². The number of nitrogens with zero attached hydrogens (tertiary/aromatic N) is 1. The highest BCUT2D eigenvalue weighted by Crippen LogP contribution is 2.02. The molecule has 3 amide bonds. The fourth-order valence-corrected chi connectivity index (χ4v) is 2.56. The van der Waals surface area contributed by atoms with Crippen LogP contribution in [-0.4, -0.2) is 91.5 Å². The van der Waals surface area contributed by atoms with E-state index in [9.17, 15) is 29.1 Å². The first-order valence-corrected chi connectivity index (χ1v) is 9.52. The van der Waals surface area contributed by atoms with Crippen LogP contribution in [0.25, 0.3) is 0 Å². The largest absolute Gasteiger partial charge is 0.481 e. The molecule has 9 N–H and O–H groups in total. The molecule has 1 aromatic rings. The van der Waals surface area contributed by atoms with Crippen LogP contribution in [-0.2, 0) is 30.4 Å². The fourth-order valence-electron chi connectivity index (χ4n) is 2.31. The van der Waals surface area contributed by atoms with E-state index < -0.39 is 66.9 Å². The van der Waals surface area contributed by atoms with Gasteiger partial charge in [0.1, 0.15) is 18.1 Å². The molecule has 0 aliphatic heterocycles. The Morgan fingerprint density at radius 2 is 1.61 bits per heavy atom. The molecule has 0 fully saturated rings. The molecule has 14 nitrogen and oxygen atoms in total. The average molecular weight is 460 g/mol. The lowest BCUT2D eigenvalue weighted by Gasteiger charge is -2.23. The maximum absolute atomic E-state index is 12.5. The molecule has 1 rings (SSSR count). The number of hydrogen-bond donors (Lipinski definition) is 9. The number of aromatic amines is 1. The molecule has 0 saturated heterocycles. The second kappa shape index (κ2) is 12.5. The number of carboxylic acids is 2. The van der Waals surface area contributed by atoms with Crippen molar-refractivity contribution >= 4 is 42.3 Å². The van der Waals surface area contributed by atoms with E-state index >= 15 is 0 Å². The molecule has 0 radical (unpaired) electrons. The number of rotatable bonds is 13. The van der Waals surface area contributed by atoms with Crippen molar-refractivity contribution in [3.05, 3.63) is 18.2 Å². The summed E-state index contributed by atoms with van der Waals surface area (Å²) in [6.45, 7) is -0.871. The Morgan fingerprint density at radius 3 is 2.10 bits per heavy atom. The number of carbonyl (C=O) groups is 5. The third kappa shape index (κ3) is 8.61. The van der Waals surface area contributed by atoms with Gasteiger partial charge >= 0.3 is 11.9 Å². The number of aliphatic hydroxyl groups is 1. The Morgan fingerprint density at radius 1 is 1.03 bits per heavy atom. The summed E-state index contributed by atoms with van der Waals surface area (Å²) in [5.41, 5.74) is 5.85. The number of amides is 3. The second-order valence-corrected chi connectivity index (χ2v) is 6.74. The van der Waals surface area contributed by atoms with E-state index in [4.69, 9.17) is 15.9 Å². The molecule has 0 aliphatic rings. The molecule has 1 heterocycles. The zero-order valence-corrected chi connectivity index (χ0v) is 17.0. The van der Waals surface area contributed by atoms with Crippen LogP contribution in [0.1, 0.15) is 12.1 Å². The first-order valence-electron chi connectivity index (χ1n) is 8.89. The quantitative estimate of drug-likeness (QED) is 0.130. The molecule has 0 saturated carbocycles. The SMILES string of the molecule is NC(CC(=O)O)C(=O)NC(CO)C(=O)NC(Cc1cnc[nH]1)C(=O)NC(CS)C(=O)O. The summed E-state index contributed by atoms with van der Waals surface area (Å²) in [6, 6.07) is -5.62. The number of imidazole rings is 1. The number of hydrogen-bond acceptors (Lipinski definition) is 9. The fraction of sp³-hybridized carbons (Fsp3) is 0.500. The van der Waals surface area contributed by atoms with Crippen LogP contribution >= 0.6 is 12.6 Å². The van der Waals surface area contributed by atoms with Crippen LogP contribution in [0.5, 0.6) is 0 Å². The van der Waals surface area contributed by atoms with Gasteiger partial charge in [0.25, 0.3) is 0 Å². The molecule has 0 bridgehead atoms. The van der Waals surface area contributed by atoms with Crippen molar-refractivity contribution in [3.8, 4) is 0 Å². The summed E-state index contributed by atoms with van der Waals surface area (Å²) in [4.78, 5) is 65.3. The lowest BCUT2D eigenvalue weighted by Crippen LogP contribution is -2.58. The number of nitrogens with two attached hydrogens (primary N) is 1. The lowest BCUT2D eigenvalue weighted by atomic mass is 10.1. The van der Waals surface area contributed by atoms with Gasteiger partial charge in [0.05, 0.1) is 25.4 Å². The summed E-state index contributed by atoms with van der Waals surface area (Å²) in [5, 5.41) is 33.8. The Bertz CT molecular complexity index is 789. The number of carbonyl (C=O) groups excluding carboxylic acids is 3. The van der Waals surface area contributed by atoms with E-state index in [1.165, 1.54) is 12.5 Å². The summed E-state index contributed by atoms with van der Waals surface area (Å²) in [5.74, 6) is -5.69. The van der Waals surface area contributed by atoms with Gasteiger partial charge in [0.15, 0.2) is 0 Å². The van der Waals surface area contributed by atoms with Crippen molar-refractivity contribution in [3.63, 3.8) is 0 Å². The monoisotopic (exact) mass is 460 g/mol. The van der Waals surface area contributed by atoms with E-state index in [0.717, 1.165) is 0 Å². The molecule has 0 aromatic carbocycles.